The summed E-state index contributed by atoms with van der Waals surface area (Å²) >= 11 is 0. The van der Waals surface area contributed by atoms with Gasteiger partial charge in [0.1, 0.15) is 6.07 Å². The highest BCUT2D eigenvalue weighted by Gasteiger charge is 2.20. The monoisotopic (exact) mass is 215 g/mol. The molecule has 0 radical (unpaired) electrons. The first-order valence-electron chi connectivity index (χ1n) is 5.78. The van der Waals surface area contributed by atoms with Crippen LogP contribution in [0.1, 0.15) is 31.7 Å². The fraction of sp³-hybridized carbons (Fsp3) is 0.462. The van der Waals surface area contributed by atoms with E-state index >= 15 is 0 Å². The summed E-state index contributed by atoms with van der Waals surface area (Å²) in [5.41, 5.74) is 8.08. The van der Waals surface area contributed by atoms with Gasteiger partial charge < -0.3 is 10.6 Å². The van der Waals surface area contributed by atoms with Gasteiger partial charge in [0.05, 0.1) is 11.3 Å². The SMILES string of the molecule is C[C@@H]1CCCCN1c1ccc(N)cc1C#N. The van der Waals surface area contributed by atoms with E-state index in [-0.39, 0.29) is 0 Å². The second-order valence-electron chi connectivity index (χ2n) is 4.43. The Bertz CT molecular complexity index is 420. The molecule has 1 atom stereocenters. The number of nitrogen functional groups attached to an aromatic ring is 1. The predicted molar refractivity (Wildman–Crippen MR) is 66.2 cm³/mol. The van der Waals surface area contributed by atoms with Crippen LogP contribution in [0.5, 0.6) is 0 Å². The van der Waals surface area contributed by atoms with Crippen LogP contribution >= 0.6 is 0 Å². The first-order chi connectivity index (χ1) is 7.72. The fourth-order valence-corrected chi connectivity index (χ4v) is 2.35. The Kier molecular flexibility index (Phi) is 3.00. The fourth-order valence-electron chi connectivity index (χ4n) is 2.35. The zero-order valence-corrected chi connectivity index (χ0v) is 9.61. The molecule has 3 heteroatoms. The van der Waals surface area contributed by atoms with Crippen molar-refractivity contribution in [3.63, 3.8) is 0 Å². The number of nitriles is 1. The van der Waals surface area contributed by atoms with E-state index in [4.69, 9.17) is 11.0 Å². The van der Waals surface area contributed by atoms with Gasteiger partial charge >= 0.3 is 0 Å². The molecule has 0 amide bonds. The molecule has 3 nitrogen and oxygen atoms in total. The third-order valence-electron chi connectivity index (χ3n) is 3.25. The first kappa shape index (κ1) is 10.8. The molecule has 0 aromatic heterocycles. The van der Waals surface area contributed by atoms with Crippen molar-refractivity contribution in [2.75, 3.05) is 17.2 Å². The molecule has 1 aliphatic rings. The highest BCUT2D eigenvalue weighted by atomic mass is 15.2. The van der Waals surface area contributed by atoms with Crippen LogP contribution in [0.2, 0.25) is 0 Å². The molecule has 1 fully saturated rings. The van der Waals surface area contributed by atoms with E-state index < -0.39 is 0 Å². The Morgan fingerprint density at radius 1 is 1.44 bits per heavy atom. The predicted octanol–water partition coefficient (Wildman–Crippen LogP) is 2.52. The Hall–Kier alpha value is -1.69. The lowest BCUT2D eigenvalue weighted by atomic mass is 10.0. The molecule has 2 rings (SSSR count). The maximum atomic E-state index is 9.13. The number of benzene rings is 1. The number of piperidine rings is 1. The van der Waals surface area contributed by atoms with Crippen LogP contribution in [0.25, 0.3) is 0 Å². The summed E-state index contributed by atoms with van der Waals surface area (Å²) < 4.78 is 0. The molecular formula is C13H17N3. The molecule has 84 valence electrons. The lowest BCUT2D eigenvalue weighted by Gasteiger charge is -2.36. The largest absolute Gasteiger partial charge is 0.399 e. The number of nitrogens with two attached hydrogens (primary N) is 1. The molecule has 2 N–H and O–H groups in total. The molecule has 0 unspecified atom stereocenters. The van der Waals surface area contributed by atoms with Gasteiger partial charge in [0.25, 0.3) is 0 Å². The molecule has 16 heavy (non-hydrogen) atoms. The molecule has 1 heterocycles. The van der Waals surface area contributed by atoms with E-state index in [9.17, 15) is 0 Å². The second kappa shape index (κ2) is 4.44. The quantitative estimate of drug-likeness (QED) is 0.732. The molecule has 1 aromatic rings. The average Bonchev–Trinajstić information content (AvgIpc) is 2.30. The first-order valence-corrected chi connectivity index (χ1v) is 5.78. The highest BCUT2D eigenvalue weighted by Crippen LogP contribution is 2.28. The minimum Gasteiger partial charge on any atom is -0.399 e. The molecule has 0 aliphatic carbocycles. The van der Waals surface area contributed by atoms with Crippen LogP contribution in [0, 0.1) is 11.3 Å². The topological polar surface area (TPSA) is 53.0 Å². The van der Waals surface area contributed by atoms with Gasteiger partial charge in [0, 0.05) is 18.3 Å². The Labute approximate surface area is 96.5 Å². The van der Waals surface area contributed by atoms with Crippen LogP contribution in [0.4, 0.5) is 11.4 Å². The molecule has 0 bridgehead atoms. The number of anilines is 2. The molecular weight excluding hydrogens is 198 g/mol. The van der Waals surface area contributed by atoms with Gasteiger partial charge in [-0.2, -0.15) is 5.26 Å². The van der Waals surface area contributed by atoms with Crippen molar-refractivity contribution < 1.29 is 0 Å². The lowest BCUT2D eigenvalue weighted by Crippen LogP contribution is -2.37. The third-order valence-corrected chi connectivity index (χ3v) is 3.25. The van der Waals surface area contributed by atoms with Crippen molar-refractivity contribution in [1.82, 2.24) is 0 Å². The zero-order valence-electron chi connectivity index (χ0n) is 9.61. The van der Waals surface area contributed by atoms with Crippen LogP contribution in [-0.4, -0.2) is 12.6 Å². The van der Waals surface area contributed by atoms with Gasteiger partial charge in [-0.1, -0.05) is 0 Å². The van der Waals surface area contributed by atoms with E-state index in [1.807, 2.05) is 12.1 Å². The van der Waals surface area contributed by atoms with Crippen LogP contribution in [0.15, 0.2) is 18.2 Å². The summed E-state index contributed by atoms with van der Waals surface area (Å²) in [5.74, 6) is 0. The summed E-state index contributed by atoms with van der Waals surface area (Å²) in [7, 11) is 0. The summed E-state index contributed by atoms with van der Waals surface area (Å²) in [5, 5.41) is 9.13. The third kappa shape index (κ3) is 1.96. The van der Waals surface area contributed by atoms with Crippen molar-refractivity contribution >= 4 is 11.4 Å². The average molecular weight is 215 g/mol. The van der Waals surface area contributed by atoms with Gasteiger partial charge in [-0.3, -0.25) is 0 Å². The summed E-state index contributed by atoms with van der Waals surface area (Å²) in [6.45, 7) is 3.26. The van der Waals surface area contributed by atoms with Crippen molar-refractivity contribution in [2.45, 2.75) is 32.2 Å². The van der Waals surface area contributed by atoms with Crippen LogP contribution in [-0.2, 0) is 0 Å². The number of rotatable bonds is 1. The maximum absolute atomic E-state index is 9.13. The van der Waals surface area contributed by atoms with Gasteiger partial charge in [0.15, 0.2) is 0 Å². The summed E-state index contributed by atoms with van der Waals surface area (Å²) in [6.07, 6.45) is 3.70. The van der Waals surface area contributed by atoms with Crippen molar-refractivity contribution in [2.24, 2.45) is 0 Å². The van der Waals surface area contributed by atoms with Crippen LogP contribution in [0.3, 0.4) is 0 Å². The highest BCUT2D eigenvalue weighted by molar-refractivity contribution is 5.64. The van der Waals surface area contributed by atoms with Gasteiger partial charge in [-0.15, -0.1) is 0 Å². The van der Waals surface area contributed by atoms with E-state index in [1.165, 1.54) is 19.3 Å². The summed E-state index contributed by atoms with van der Waals surface area (Å²) in [6, 6.07) is 8.35. The molecule has 1 aromatic carbocycles. The van der Waals surface area contributed by atoms with Crippen molar-refractivity contribution in [1.29, 1.82) is 5.26 Å². The van der Waals surface area contributed by atoms with E-state index in [0.717, 1.165) is 12.2 Å². The molecule has 1 aliphatic heterocycles. The number of hydrogen-bond acceptors (Lipinski definition) is 3. The maximum Gasteiger partial charge on any atom is 0.101 e. The Morgan fingerprint density at radius 2 is 2.25 bits per heavy atom. The minimum atomic E-state index is 0.518. The zero-order chi connectivity index (χ0) is 11.5. The molecule has 1 saturated heterocycles. The number of nitrogens with zero attached hydrogens (tertiary/aromatic N) is 2. The lowest BCUT2D eigenvalue weighted by molar-refractivity contribution is 0.484. The second-order valence-corrected chi connectivity index (χ2v) is 4.43. The minimum absolute atomic E-state index is 0.518. The smallest absolute Gasteiger partial charge is 0.101 e. The Morgan fingerprint density at radius 3 is 2.94 bits per heavy atom. The van der Waals surface area contributed by atoms with E-state index in [0.29, 0.717) is 17.3 Å². The molecule has 0 saturated carbocycles. The van der Waals surface area contributed by atoms with Crippen molar-refractivity contribution in [3.05, 3.63) is 23.8 Å². The van der Waals surface area contributed by atoms with Gasteiger partial charge in [0.2, 0.25) is 0 Å². The standard InChI is InChI=1S/C13H17N3/c1-10-4-2-3-7-16(10)13-6-5-12(15)8-11(13)9-14/h5-6,8,10H,2-4,7,15H2,1H3/t10-/m1/s1. The van der Waals surface area contributed by atoms with Gasteiger partial charge in [-0.05, 0) is 44.4 Å². The normalized spacial score (nSPS) is 20.5. The molecule has 0 spiro atoms. The van der Waals surface area contributed by atoms with Gasteiger partial charge in [-0.25, -0.2) is 0 Å². The van der Waals surface area contributed by atoms with E-state index in [2.05, 4.69) is 17.9 Å². The Balaban J connectivity index is 2.35. The summed E-state index contributed by atoms with van der Waals surface area (Å²) in [4.78, 5) is 2.32. The van der Waals surface area contributed by atoms with E-state index in [1.54, 1.807) is 6.07 Å². The van der Waals surface area contributed by atoms with Crippen LogP contribution < -0.4 is 10.6 Å². The number of hydrogen-bond donors (Lipinski definition) is 1. The van der Waals surface area contributed by atoms with Crippen molar-refractivity contribution in [3.8, 4) is 6.07 Å².